The van der Waals surface area contributed by atoms with Crippen LogP contribution in [0.15, 0.2) is 0 Å². The summed E-state index contributed by atoms with van der Waals surface area (Å²) in [6.45, 7) is 0.954. The van der Waals surface area contributed by atoms with Gasteiger partial charge in [0, 0.05) is 45.3 Å². The molecule has 0 aromatic carbocycles. The van der Waals surface area contributed by atoms with E-state index in [-0.39, 0.29) is 42.9 Å². The average Bonchev–Trinajstić information content (AvgIpc) is 2.93. The summed E-state index contributed by atoms with van der Waals surface area (Å²) in [6, 6.07) is -4.08. The molecule has 1 saturated carbocycles. The number of hydrogen-bond donors (Lipinski definition) is 8. The van der Waals surface area contributed by atoms with Crippen molar-refractivity contribution in [3.8, 4) is 0 Å². The molecule has 232 valence electrons. The Bertz CT molecular complexity index is 920. The van der Waals surface area contributed by atoms with Crippen molar-refractivity contribution in [1.29, 1.82) is 0 Å². The number of urea groups is 1. The number of unbranched alkanes of at least 4 members (excludes halogenated alkanes) is 2. The third-order valence-electron chi connectivity index (χ3n) is 6.98. The molecule has 1 aliphatic rings. The number of carboxylic acids is 3. The minimum absolute atomic E-state index is 0.00744. The highest BCUT2D eigenvalue weighted by molar-refractivity contribution is 5.87. The van der Waals surface area contributed by atoms with Crippen molar-refractivity contribution < 1.29 is 48.9 Å². The Kier molecular flexibility index (Phi) is 16.5. The highest BCUT2D eigenvalue weighted by Crippen LogP contribution is 2.28. The quantitative estimate of drug-likeness (QED) is 0.0956. The van der Waals surface area contributed by atoms with Crippen LogP contribution in [0.5, 0.6) is 0 Å². The van der Waals surface area contributed by atoms with Gasteiger partial charge in [-0.3, -0.25) is 19.2 Å². The Morgan fingerprint density at radius 3 is 1.83 bits per heavy atom. The van der Waals surface area contributed by atoms with Gasteiger partial charge in [-0.15, -0.1) is 0 Å². The summed E-state index contributed by atoms with van der Waals surface area (Å²) in [7, 11) is 1.60. The van der Waals surface area contributed by atoms with Crippen LogP contribution >= 0.6 is 0 Å². The van der Waals surface area contributed by atoms with Crippen LogP contribution < -0.4 is 26.6 Å². The number of carboxylic acid groups (broad SMARTS) is 3. The minimum atomic E-state index is -1.52. The van der Waals surface area contributed by atoms with E-state index in [0.29, 0.717) is 32.4 Å². The highest BCUT2D eigenvalue weighted by atomic mass is 16.4. The predicted octanol–water partition coefficient (Wildman–Crippen LogP) is 0.182. The molecule has 0 aliphatic heterocycles. The molecule has 0 heterocycles. The van der Waals surface area contributed by atoms with Crippen LogP contribution in [0.4, 0.5) is 4.79 Å². The maximum absolute atomic E-state index is 12.4. The fourth-order valence-electron chi connectivity index (χ4n) is 4.46. The highest BCUT2D eigenvalue weighted by Gasteiger charge is 2.27. The van der Waals surface area contributed by atoms with Crippen LogP contribution in [0.3, 0.4) is 0 Å². The second-order valence-corrected chi connectivity index (χ2v) is 10.2. The van der Waals surface area contributed by atoms with Gasteiger partial charge in [0.05, 0.1) is 0 Å². The molecule has 1 fully saturated rings. The van der Waals surface area contributed by atoms with Gasteiger partial charge in [0.1, 0.15) is 12.1 Å². The molecular formula is C26H43N5O10. The third kappa shape index (κ3) is 15.5. The van der Waals surface area contributed by atoms with Gasteiger partial charge in [-0.25, -0.2) is 14.4 Å². The lowest BCUT2D eigenvalue weighted by Crippen LogP contribution is -2.51. The largest absolute Gasteiger partial charge is 0.481 e. The number of aliphatic carboxylic acids is 3. The third-order valence-corrected chi connectivity index (χ3v) is 6.98. The van der Waals surface area contributed by atoms with E-state index in [4.69, 9.17) is 10.2 Å². The van der Waals surface area contributed by atoms with Gasteiger partial charge < -0.3 is 41.9 Å². The Morgan fingerprint density at radius 2 is 1.29 bits per heavy atom. The molecular weight excluding hydrogens is 542 g/mol. The molecule has 0 aromatic rings. The molecule has 1 aliphatic carbocycles. The van der Waals surface area contributed by atoms with E-state index in [0.717, 1.165) is 32.1 Å². The number of amides is 5. The standard InChI is InChI=1S/C26H43N5O10/c1-27-20(32)5-3-2-4-14-28-23(36)17-8-6-16(7-9-17)15-29-21(33)12-10-18(24(37)38)30-26(41)31-19(25(39)40)11-13-22(34)35/h16-19H,2-15H2,1H3,(H,27,32)(H,28,36)(H,29,33)(H,34,35)(H,37,38)(H,39,40)(H2,30,31,41). The van der Waals surface area contributed by atoms with Crippen LogP contribution in [-0.4, -0.2) is 89.2 Å². The number of hydrogen-bond acceptors (Lipinski definition) is 7. The first-order valence-electron chi connectivity index (χ1n) is 13.9. The second kappa shape index (κ2) is 19.2. The molecule has 15 heteroatoms. The van der Waals surface area contributed by atoms with E-state index in [9.17, 15) is 38.7 Å². The number of carbonyl (C=O) groups excluding carboxylic acids is 4. The summed E-state index contributed by atoms with van der Waals surface area (Å²) < 4.78 is 0. The van der Waals surface area contributed by atoms with Crippen LogP contribution in [0.25, 0.3) is 0 Å². The first-order chi connectivity index (χ1) is 19.4. The zero-order valence-corrected chi connectivity index (χ0v) is 23.4. The molecule has 15 nitrogen and oxygen atoms in total. The van der Waals surface area contributed by atoms with Gasteiger partial charge >= 0.3 is 23.9 Å². The van der Waals surface area contributed by atoms with Gasteiger partial charge in [-0.2, -0.15) is 0 Å². The van der Waals surface area contributed by atoms with E-state index in [1.807, 2.05) is 5.32 Å². The average molecular weight is 586 g/mol. The van der Waals surface area contributed by atoms with Crippen molar-refractivity contribution in [3.05, 3.63) is 0 Å². The van der Waals surface area contributed by atoms with E-state index in [2.05, 4.69) is 21.3 Å². The SMILES string of the molecule is CNC(=O)CCCCCNC(=O)C1CCC(CNC(=O)CCC(NC(=O)NC(CCC(=O)O)C(=O)O)C(=O)O)CC1. The Balaban J connectivity index is 2.30. The van der Waals surface area contributed by atoms with Crippen LogP contribution in [0.1, 0.15) is 77.0 Å². The fraction of sp³-hybridized carbons (Fsp3) is 0.731. The van der Waals surface area contributed by atoms with Crippen molar-refractivity contribution in [2.75, 3.05) is 20.1 Å². The molecule has 41 heavy (non-hydrogen) atoms. The van der Waals surface area contributed by atoms with E-state index < -0.39 is 48.4 Å². The molecule has 8 N–H and O–H groups in total. The monoisotopic (exact) mass is 585 g/mol. The summed E-state index contributed by atoms with van der Waals surface area (Å²) in [5, 5.41) is 39.6. The van der Waals surface area contributed by atoms with E-state index in [1.54, 1.807) is 7.05 Å². The zero-order chi connectivity index (χ0) is 30.8. The molecule has 0 saturated heterocycles. The van der Waals surface area contributed by atoms with Crippen molar-refractivity contribution in [2.45, 2.75) is 89.1 Å². The second-order valence-electron chi connectivity index (χ2n) is 10.2. The zero-order valence-electron chi connectivity index (χ0n) is 23.4. The van der Waals surface area contributed by atoms with Crippen LogP contribution in [0, 0.1) is 11.8 Å². The minimum Gasteiger partial charge on any atom is -0.481 e. The van der Waals surface area contributed by atoms with Crippen LogP contribution in [-0.2, 0) is 28.8 Å². The van der Waals surface area contributed by atoms with Gasteiger partial charge in [0.15, 0.2) is 0 Å². The summed E-state index contributed by atoms with van der Waals surface area (Å²) in [4.78, 5) is 81.3. The number of carbonyl (C=O) groups is 7. The van der Waals surface area contributed by atoms with Crippen molar-refractivity contribution in [2.24, 2.45) is 11.8 Å². The lowest BCUT2D eigenvalue weighted by atomic mass is 9.81. The fourth-order valence-corrected chi connectivity index (χ4v) is 4.46. The van der Waals surface area contributed by atoms with Gasteiger partial charge in [-0.05, 0) is 57.3 Å². The van der Waals surface area contributed by atoms with Crippen molar-refractivity contribution in [1.82, 2.24) is 26.6 Å². The molecule has 2 unspecified atom stereocenters. The smallest absolute Gasteiger partial charge is 0.326 e. The molecule has 2 atom stereocenters. The number of rotatable bonds is 19. The Hall–Kier alpha value is -3.91. The lowest BCUT2D eigenvalue weighted by molar-refractivity contribution is -0.141. The molecule has 0 spiro atoms. The number of nitrogens with one attached hydrogen (secondary N) is 5. The molecule has 5 amide bonds. The molecule has 0 bridgehead atoms. The summed E-state index contributed by atoms with van der Waals surface area (Å²) in [5.74, 6) is -4.39. The van der Waals surface area contributed by atoms with Crippen LogP contribution in [0.2, 0.25) is 0 Å². The summed E-state index contributed by atoms with van der Waals surface area (Å²) >= 11 is 0. The lowest BCUT2D eigenvalue weighted by Gasteiger charge is -2.28. The summed E-state index contributed by atoms with van der Waals surface area (Å²) in [6.07, 6.45) is 4.53. The normalized spacial score (nSPS) is 17.8. The van der Waals surface area contributed by atoms with Crippen molar-refractivity contribution >= 4 is 41.7 Å². The van der Waals surface area contributed by atoms with E-state index in [1.165, 1.54) is 0 Å². The maximum Gasteiger partial charge on any atom is 0.326 e. The Labute approximate surface area is 238 Å². The van der Waals surface area contributed by atoms with Crippen molar-refractivity contribution in [3.63, 3.8) is 0 Å². The topological polar surface area (TPSA) is 240 Å². The van der Waals surface area contributed by atoms with E-state index >= 15 is 0 Å². The van der Waals surface area contributed by atoms with Gasteiger partial charge in [-0.1, -0.05) is 6.42 Å². The first-order valence-corrected chi connectivity index (χ1v) is 13.9. The summed E-state index contributed by atoms with van der Waals surface area (Å²) in [5.41, 5.74) is 0. The van der Waals surface area contributed by atoms with Gasteiger partial charge in [0.25, 0.3) is 0 Å². The molecule has 1 rings (SSSR count). The molecule has 0 aromatic heterocycles. The predicted molar refractivity (Wildman–Crippen MR) is 145 cm³/mol. The maximum atomic E-state index is 12.4. The first kappa shape index (κ1) is 35.1. The Morgan fingerprint density at radius 1 is 0.707 bits per heavy atom. The molecule has 0 radical (unpaired) electrons. The van der Waals surface area contributed by atoms with Gasteiger partial charge in [0.2, 0.25) is 17.7 Å².